The lowest BCUT2D eigenvalue weighted by Crippen LogP contribution is -2.27. The molecule has 0 radical (unpaired) electrons. The Bertz CT molecular complexity index is 409. The molecule has 1 aromatic rings. The second kappa shape index (κ2) is 7.20. The van der Waals surface area contributed by atoms with Crippen molar-refractivity contribution in [3.63, 3.8) is 0 Å². The number of hydrogen-bond acceptors (Lipinski definition) is 5. The zero-order valence-corrected chi connectivity index (χ0v) is 11.9. The summed E-state index contributed by atoms with van der Waals surface area (Å²) in [5.41, 5.74) is 6.33. The van der Waals surface area contributed by atoms with Crippen molar-refractivity contribution in [1.82, 2.24) is 15.3 Å². The summed E-state index contributed by atoms with van der Waals surface area (Å²) < 4.78 is 0. The predicted molar refractivity (Wildman–Crippen MR) is 75.9 cm³/mol. The summed E-state index contributed by atoms with van der Waals surface area (Å²) in [6, 6.07) is 0. The van der Waals surface area contributed by atoms with Crippen LogP contribution in [0.5, 0.6) is 0 Å². The second-order valence-electron chi connectivity index (χ2n) is 4.29. The SMILES string of the molecule is CSCCCNC(=O)c1nc(C(C)C)ncc1N. The second-order valence-corrected chi connectivity index (χ2v) is 5.27. The fourth-order valence-electron chi connectivity index (χ4n) is 1.37. The van der Waals surface area contributed by atoms with Crippen LogP contribution in [-0.2, 0) is 0 Å². The van der Waals surface area contributed by atoms with Gasteiger partial charge in [-0.05, 0) is 18.4 Å². The maximum absolute atomic E-state index is 11.9. The van der Waals surface area contributed by atoms with Crippen LogP contribution in [0.2, 0.25) is 0 Å². The Balaban J connectivity index is 2.69. The molecule has 0 aliphatic rings. The van der Waals surface area contributed by atoms with Gasteiger partial charge in [0.15, 0.2) is 5.69 Å². The highest BCUT2D eigenvalue weighted by atomic mass is 32.2. The van der Waals surface area contributed by atoms with Gasteiger partial charge in [0, 0.05) is 12.5 Å². The highest BCUT2D eigenvalue weighted by Crippen LogP contribution is 2.13. The average molecular weight is 268 g/mol. The van der Waals surface area contributed by atoms with Gasteiger partial charge in [-0.2, -0.15) is 11.8 Å². The van der Waals surface area contributed by atoms with Crippen LogP contribution < -0.4 is 11.1 Å². The molecule has 0 aliphatic heterocycles. The van der Waals surface area contributed by atoms with E-state index in [4.69, 9.17) is 5.73 Å². The van der Waals surface area contributed by atoms with Crippen LogP contribution >= 0.6 is 11.8 Å². The number of nitrogens with two attached hydrogens (primary N) is 1. The summed E-state index contributed by atoms with van der Waals surface area (Å²) in [6.45, 7) is 4.59. The third-order valence-corrected chi connectivity index (χ3v) is 3.07. The maximum atomic E-state index is 11.9. The molecule has 100 valence electrons. The van der Waals surface area contributed by atoms with Crippen LogP contribution in [0.25, 0.3) is 0 Å². The van der Waals surface area contributed by atoms with Gasteiger partial charge in [0.2, 0.25) is 0 Å². The Labute approximate surface area is 112 Å². The first-order valence-corrected chi connectivity index (χ1v) is 7.35. The fraction of sp³-hybridized carbons (Fsp3) is 0.583. The van der Waals surface area contributed by atoms with Gasteiger partial charge in [-0.25, -0.2) is 9.97 Å². The molecule has 3 N–H and O–H groups in total. The van der Waals surface area contributed by atoms with E-state index < -0.39 is 0 Å². The molecule has 0 saturated heterocycles. The van der Waals surface area contributed by atoms with Crippen molar-refractivity contribution in [1.29, 1.82) is 0 Å². The Hall–Kier alpha value is -1.30. The summed E-state index contributed by atoms with van der Waals surface area (Å²) in [7, 11) is 0. The molecule has 1 rings (SSSR count). The van der Waals surface area contributed by atoms with Gasteiger partial charge in [0.05, 0.1) is 11.9 Å². The van der Waals surface area contributed by atoms with Gasteiger partial charge >= 0.3 is 0 Å². The Kier molecular flexibility index (Phi) is 5.91. The molecule has 1 amide bonds. The summed E-state index contributed by atoms with van der Waals surface area (Å²) in [4.78, 5) is 20.2. The summed E-state index contributed by atoms with van der Waals surface area (Å²) in [5, 5.41) is 2.82. The van der Waals surface area contributed by atoms with Gasteiger partial charge in [-0.15, -0.1) is 0 Å². The topological polar surface area (TPSA) is 80.9 Å². The van der Waals surface area contributed by atoms with Gasteiger partial charge in [-0.1, -0.05) is 13.8 Å². The molecule has 18 heavy (non-hydrogen) atoms. The summed E-state index contributed by atoms with van der Waals surface area (Å²) in [5.74, 6) is 1.61. The first kappa shape index (κ1) is 14.8. The third kappa shape index (κ3) is 4.18. The van der Waals surface area contributed by atoms with Gasteiger partial charge in [-0.3, -0.25) is 4.79 Å². The van der Waals surface area contributed by atoms with E-state index in [1.165, 1.54) is 6.20 Å². The molecule has 1 aromatic heterocycles. The normalized spacial score (nSPS) is 10.7. The highest BCUT2D eigenvalue weighted by molar-refractivity contribution is 7.98. The predicted octanol–water partition coefficient (Wildman–Crippen LogP) is 1.67. The number of amides is 1. The number of nitrogen functional groups attached to an aromatic ring is 1. The van der Waals surface area contributed by atoms with E-state index in [1.54, 1.807) is 11.8 Å². The van der Waals surface area contributed by atoms with Crippen LogP contribution in [0.15, 0.2) is 6.20 Å². The summed E-state index contributed by atoms with van der Waals surface area (Å²) >= 11 is 1.76. The molecule has 0 atom stereocenters. The van der Waals surface area contributed by atoms with Crippen LogP contribution in [0, 0.1) is 0 Å². The molecule has 0 unspecified atom stereocenters. The average Bonchev–Trinajstić information content (AvgIpc) is 2.34. The van der Waals surface area contributed by atoms with E-state index in [1.807, 2.05) is 20.1 Å². The monoisotopic (exact) mass is 268 g/mol. The highest BCUT2D eigenvalue weighted by Gasteiger charge is 2.14. The molecule has 0 bridgehead atoms. The van der Waals surface area contributed by atoms with E-state index >= 15 is 0 Å². The van der Waals surface area contributed by atoms with Crippen molar-refractivity contribution in [2.24, 2.45) is 0 Å². The molecule has 1 heterocycles. The van der Waals surface area contributed by atoms with Crippen molar-refractivity contribution in [3.8, 4) is 0 Å². The molecule has 0 saturated carbocycles. The van der Waals surface area contributed by atoms with Crippen LogP contribution in [0.1, 0.15) is 42.5 Å². The van der Waals surface area contributed by atoms with E-state index in [-0.39, 0.29) is 17.5 Å². The van der Waals surface area contributed by atoms with Crippen molar-refractivity contribution in [3.05, 3.63) is 17.7 Å². The zero-order chi connectivity index (χ0) is 13.5. The number of thioether (sulfide) groups is 1. The van der Waals surface area contributed by atoms with Crippen LogP contribution in [-0.4, -0.2) is 34.4 Å². The van der Waals surface area contributed by atoms with Gasteiger partial charge in [0.25, 0.3) is 5.91 Å². The molecule has 0 aliphatic carbocycles. The van der Waals surface area contributed by atoms with E-state index in [2.05, 4.69) is 15.3 Å². The maximum Gasteiger partial charge on any atom is 0.272 e. The van der Waals surface area contributed by atoms with Crippen molar-refractivity contribution in [2.45, 2.75) is 26.2 Å². The quantitative estimate of drug-likeness (QED) is 0.767. The number of anilines is 1. The minimum atomic E-state index is -0.224. The zero-order valence-electron chi connectivity index (χ0n) is 11.1. The number of nitrogens with zero attached hydrogens (tertiary/aromatic N) is 2. The number of hydrogen-bond donors (Lipinski definition) is 2. The number of aromatic nitrogens is 2. The molecule has 6 heteroatoms. The van der Waals surface area contributed by atoms with Crippen LogP contribution in [0.3, 0.4) is 0 Å². The minimum absolute atomic E-state index is 0.175. The number of nitrogens with one attached hydrogen (secondary N) is 1. The Morgan fingerprint density at radius 3 is 2.89 bits per heavy atom. The van der Waals surface area contributed by atoms with E-state index in [0.717, 1.165) is 12.2 Å². The Morgan fingerprint density at radius 2 is 2.28 bits per heavy atom. The molecular formula is C12H20N4OS. The van der Waals surface area contributed by atoms with E-state index in [9.17, 15) is 4.79 Å². The molecule has 0 fully saturated rings. The number of carbonyl (C=O) groups excluding carboxylic acids is 1. The first-order valence-electron chi connectivity index (χ1n) is 5.95. The van der Waals surface area contributed by atoms with Crippen molar-refractivity contribution in [2.75, 3.05) is 24.3 Å². The fourth-order valence-corrected chi connectivity index (χ4v) is 1.80. The number of carbonyl (C=O) groups is 1. The smallest absolute Gasteiger partial charge is 0.272 e. The largest absolute Gasteiger partial charge is 0.396 e. The third-order valence-electron chi connectivity index (χ3n) is 2.38. The first-order chi connectivity index (χ1) is 8.56. The lowest BCUT2D eigenvalue weighted by Gasteiger charge is -2.09. The van der Waals surface area contributed by atoms with E-state index in [0.29, 0.717) is 18.1 Å². The minimum Gasteiger partial charge on any atom is -0.396 e. The van der Waals surface area contributed by atoms with Gasteiger partial charge < -0.3 is 11.1 Å². The molecule has 5 nitrogen and oxygen atoms in total. The van der Waals surface area contributed by atoms with Crippen molar-refractivity contribution < 1.29 is 4.79 Å². The standard InChI is InChI=1S/C12H20N4OS/c1-8(2)11-15-7-9(13)10(16-11)12(17)14-5-4-6-18-3/h7-8H,4-6,13H2,1-3H3,(H,14,17). The molecule has 0 aromatic carbocycles. The molecule has 0 spiro atoms. The lowest BCUT2D eigenvalue weighted by atomic mass is 10.2. The molecular weight excluding hydrogens is 248 g/mol. The summed E-state index contributed by atoms with van der Waals surface area (Å²) in [6.07, 6.45) is 4.48. The number of rotatable bonds is 6. The Morgan fingerprint density at radius 1 is 1.56 bits per heavy atom. The van der Waals surface area contributed by atoms with Crippen molar-refractivity contribution >= 4 is 23.4 Å². The van der Waals surface area contributed by atoms with Crippen LogP contribution in [0.4, 0.5) is 5.69 Å². The van der Waals surface area contributed by atoms with Gasteiger partial charge in [0.1, 0.15) is 5.82 Å². The lowest BCUT2D eigenvalue weighted by molar-refractivity contribution is 0.0949.